The van der Waals surface area contributed by atoms with E-state index in [-0.39, 0.29) is 20.4 Å². The Labute approximate surface area is 140 Å². The van der Waals surface area contributed by atoms with Gasteiger partial charge in [0, 0.05) is 0 Å². The van der Waals surface area contributed by atoms with Gasteiger partial charge in [0.25, 0.3) is 0 Å². The van der Waals surface area contributed by atoms with Crippen molar-refractivity contribution in [3.63, 3.8) is 0 Å². The van der Waals surface area contributed by atoms with E-state index in [1.165, 1.54) is 25.9 Å². The van der Waals surface area contributed by atoms with Gasteiger partial charge in [0.05, 0.1) is 0 Å². The Balaban J connectivity index is 1.98. The van der Waals surface area contributed by atoms with E-state index in [2.05, 4.69) is 93.9 Å². The number of hydrogen-bond acceptors (Lipinski definition) is 1. The molecule has 0 N–H and O–H groups in total. The molecule has 22 heavy (non-hydrogen) atoms. The SMILES string of the molecule is c1ccc(N(c2ccc[te]2)c2cccc3ccccc23)cc1. The molecule has 0 bridgehead atoms. The maximum absolute atomic E-state index is 2.42. The molecule has 0 aliphatic heterocycles. The fraction of sp³-hybridized carbons (Fsp3) is 0. The van der Waals surface area contributed by atoms with Crippen molar-refractivity contribution in [3.05, 3.63) is 89.0 Å². The van der Waals surface area contributed by atoms with E-state index >= 15 is 0 Å². The van der Waals surface area contributed by atoms with Gasteiger partial charge in [0.15, 0.2) is 0 Å². The van der Waals surface area contributed by atoms with Crippen molar-refractivity contribution in [1.29, 1.82) is 0 Å². The Hall–Kier alpha value is -2.01. The molecule has 1 heterocycles. The standard InChI is InChI=1S/C20H15NTe/c1-2-10-17(11-3-1)21(20-14-7-15-22-20)19-13-6-9-16-8-4-5-12-18(16)19/h1-15H. The summed E-state index contributed by atoms with van der Waals surface area (Å²) in [6.45, 7) is 0. The first kappa shape index (κ1) is 13.6. The molecule has 1 nitrogen and oxygen atoms in total. The van der Waals surface area contributed by atoms with E-state index < -0.39 is 0 Å². The van der Waals surface area contributed by atoms with Crippen LogP contribution in [0.1, 0.15) is 0 Å². The molecule has 0 spiro atoms. The van der Waals surface area contributed by atoms with Crippen molar-refractivity contribution in [2.75, 3.05) is 4.90 Å². The summed E-state index contributed by atoms with van der Waals surface area (Å²) in [5, 5.41) is 2.59. The van der Waals surface area contributed by atoms with Crippen LogP contribution >= 0.6 is 0 Å². The number of nitrogens with zero attached hydrogens (tertiary/aromatic N) is 1. The Morgan fingerprint density at radius 2 is 1.41 bits per heavy atom. The van der Waals surface area contributed by atoms with Gasteiger partial charge in [-0.1, -0.05) is 0 Å². The van der Waals surface area contributed by atoms with Gasteiger partial charge in [-0.2, -0.15) is 0 Å². The Morgan fingerprint density at radius 1 is 0.636 bits per heavy atom. The second-order valence-electron chi connectivity index (χ2n) is 5.12. The van der Waals surface area contributed by atoms with Crippen LogP contribution in [0.15, 0.2) is 89.0 Å². The molecule has 0 aliphatic rings. The van der Waals surface area contributed by atoms with Crippen LogP contribution < -0.4 is 4.90 Å². The topological polar surface area (TPSA) is 3.24 Å². The summed E-state index contributed by atoms with van der Waals surface area (Å²) < 4.78 is 3.77. The number of rotatable bonds is 3. The molecule has 1 aromatic heterocycles. The van der Waals surface area contributed by atoms with Gasteiger partial charge < -0.3 is 0 Å². The van der Waals surface area contributed by atoms with E-state index in [0.29, 0.717) is 0 Å². The molecule has 0 aliphatic carbocycles. The van der Waals surface area contributed by atoms with Gasteiger partial charge in [-0.3, -0.25) is 0 Å². The molecule has 0 fully saturated rings. The molecule has 0 saturated carbocycles. The van der Waals surface area contributed by atoms with E-state index in [4.69, 9.17) is 0 Å². The van der Waals surface area contributed by atoms with Crippen LogP contribution in [-0.4, -0.2) is 20.4 Å². The zero-order chi connectivity index (χ0) is 14.8. The van der Waals surface area contributed by atoms with Crippen LogP contribution in [0.25, 0.3) is 10.8 Å². The second-order valence-corrected chi connectivity index (χ2v) is 7.76. The van der Waals surface area contributed by atoms with Crippen LogP contribution in [0.4, 0.5) is 15.1 Å². The van der Waals surface area contributed by atoms with Gasteiger partial charge in [0.2, 0.25) is 0 Å². The minimum atomic E-state index is -0.254. The molecular weight excluding hydrogens is 382 g/mol. The predicted octanol–water partition coefficient (Wildman–Crippen LogP) is 5.37. The number of para-hydroxylation sites is 1. The van der Waals surface area contributed by atoms with Crippen molar-refractivity contribution in [2.45, 2.75) is 0 Å². The minimum absolute atomic E-state index is 0.254. The molecule has 2 heteroatoms. The molecular formula is C20H15NTe. The Kier molecular flexibility index (Phi) is 3.72. The van der Waals surface area contributed by atoms with E-state index in [0.717, 1.165) is 0 Å². The number of fused-ring (bicyclic) bond motifs is 1. The van der Waals surface area contributed by atoms with Crippen molar-refractivity contribution in [2.24, 2.45) is 0 Å². The summed E-state index contributed by atoms with van der Waals surface area (Å²) in [6, 6.07) is 30.3. The quantitative estimate of drug-likeness (QED) is 0.421. The second kappa shape index (κ2) is 6.01. The first-order chi connectivity index (χ1) is 10.9. The predicted molar refractivity (Wildman–Crippen MR) is 95.6 cm³/mol. The Morgan fingerprint density at radius 3 is 2.23 bits per heavy atom. The molecule has 3 aromatic carbocycles. The van der Waals surface area contributed by atoms with Crippen molar-refractivity contribution in [3.8, 4) is 0 Å². The maximum atomic E-state index is 2.42. The molecule has 0 atom stereocenters. The summed E-state index contributed by atoms with van der Waals surface area (Å²) in [5.41, 5.74) is 2.50. The van der Waals surface area contributed by atoms with Crippen molar-refractivity contribution < 1.29 is 0 Å². The average Bonchev–Trinajstić information content (AvgIpc) is 3.11. The van der Waals surface area contributed by atoms with Crippen LogP contribution in [0.3, 0.4) is 0 Å². The van der Waals surface area contributed by atoms with Gasteiger partial charge in [-0.05, 0) is 0 Å². The fourth-order valence-corrected chi connectivity index (χ4v) is 4.94. The fourth-order valence-electron chi connectivity index (χ4n) is 2.76. The normalized spacial score (nSPS) is 10.7. The third-order valence-corrected chi connectivity index (χ3v) is 6.18. The molecule has 4 aromatic rings. The van der Waals surface area contributed by atoms with Gasteiger partial charge in [-0.15, -0.1) is 0 Å². The molecule has 0 amide bonds. The van der Waals surface area contributed by atoms with Crippen LogP contribution in [0.5, 0.6) is 0 Å². The molecule has 106 valence electrons. The van der Waals surface area contributed by atoms with Crippen molar-refractivity contribution >= 4 is 46.3 Å². The zero-order valence-corrected chi connectivity index (χ0v) is 14.3. The molecule has 0 unspecified atom stereocenters. The molecule has 4 rings (SSSR count). The number of benzene rings is 3. The van der Waals surface area contributed by atoms with E-state index in [1.54, 1.807) is 0 Å². The summed E-state index contributed by atoms with van der Waals surface area (Å²) in [6.07, 6.45) is 0. The third-order valence-electron chi connectivity index (χ3n) is 3.75. The average molecular weight is 397 g/mol. The third kappa shape index (κ3) is 2.46. The van der Waals surface area contributed by atoms with E-state index in [1.807, 2.05) is 0 Å². The summed E-state index contributed by atoms with van der Waals surface area (Å²) in [7, 11) is 0. The van der Waals surface area contributed by atoms with Gasteiger partial charge in [0.1, 0.15) is 0 Å². The van der Waals surface area contributed by atoms with Crippen LogP contribution in [0, 0.1) is 0 Å². The zero-order valence-electron chi connectivity index (χ0n) is 12.0. The van der Waals surface area contributed by atoms with Crippen LogP contribution in [0.2, 0.25) is 0 Å². The molecule has 0 radical (unpaired) electrons. The first-order valence-electron chi connectivity index (χ1n) is 7.30. The number of hydrogen-bond donors (Lipinski definition) is 0. The molecule has 0 saturated heterocycles. The van der Waals surface area contributed by atoms with Crippen molar-refractivity contribution in [1.82, 2.24) is 0 Å². The monoisotopic (exact) mass is 399 g/mol. The number of anilines is 3. The Bertz CT molecular complexity index is 877. The summed E-state index contributed by atoms with van der Waals surface area (Å²) in [5.74, 6) is 0. The van der Waals surface area contributed by atoms with Gasteiger partial charge >= 0.3 is 140 Å². The summed E-state index contributed by atoms with van der Waals surface area (Å²) >= 11 is -0.254. The van der Waals surface area contributed by atoms with Gasteiger partial charge in [-0.25, -0.2) is 0 Å². The summed E-state index contributed by atoms with van der Waals surface area (Å²) in [4.78, 5) is 2.42. The van der Waals surface area contributed by atoms with E-state index in [9.17, 15) is 0 Å². The van der Waals surface area contributed by atoms with Crippen LogP contribution in [-0.2, 0) is 0 Å². The first-order valence-corrected chi connectivity index (χ1v) is 9.81.